The molecule has 0 bridgehead atoms. The van der Waals surface area contributed by atoms with Gasteiger partial charge in [-0.05, 0) is 52.1 Å². The zero-order chi connectivity index (χ0) is 14.3. The first-order valence-electron chi connectivity index (χ1n) is 8.27. The van der Waals surface area contributed by atoms with Gasteiger partial charge in [0.25, 0.3) is 0 Å². The van der Waals surface area contributed by atoms with Crippen LogP contribution in [-0.2, 0) is 0 Å². The molecule has 1 rings (SSSR count). The maximum atomic E-state index is 5.88. The summed E-state index contributed by atoms with van der Waals surface area (Å²) in [5.41, 5.74) is 3.29. The first kappa shape index (κ1) is 16.9. The first-order chi connectivity index (χ1) is 9.06. The largest absolute Gasteiger partial charge is 0.297 e. The quantitative estimate of drug-likeness (QED) is 0.498. The lowest BCUT2D eigenvalue weighted by molar-refractivity contribution is 0.0920. The van der Waals surface area contributed by atoms with E-state index in [-0.39, 0.29) is 5.54 Å². The maximum absolute atomic E-state index is 5.88. The molecule has 19 heavy (non-hydrogen) atoms. The summed E-state index contributed by atoms with van der Waals surface area (Å²) in [5, 5.41) is 0. The number of likely N-dealkylation sites (tertiary alicyclic amines) is 1. The van der Waals surface area contributed by atoms with Crippen molar-refractivity contribution in [2.45, 2.75) is 84.2 Å². The predicted molar refractivity (Wildman–Crippen MR) is 83.9 cm³/mol. The summed E-state index contributed by atoms with van der Waals surface area (Å²) in [6, 6.07) is 0.396. The molecule has 1 aliphatic heterocycles. The molecule has 0 aromatic heterocycles. The molecule has 1 heterocycles. The molecule has 0 aromatic carbocycles. The summed E-state index contributed by atoms with van der Waals surface area (Å²) in [4.78, 5) is 2.62. The summed E-state index contributed by atoms with van der Waals surface area (Å²) in [6.07, 6.45) is 9.15. The monoisotopic (exact) mass is 269 g/mol. The van der Waals surface area contributed by atoms with Crippen LogP contribution in [0.4, 0.5) is 0 Å². The minimum Gasteiger partial charge on any atom is -0.297 e. The highest BCUT2D eigenvalue weighted by Crippen LogP contribution is 2.29. The van der Waals surface area contributed by atoms with Crippen LogP contribution in [0, 0.1) is 5.92 Å². The molecule has 3 heteroatoms. The molecular weight excluding hydrogens is 234 g/mol. The van der Waals surface area contributed by atoms with Crippen molar-refractivity contribution in [3.63, 3.8) is 0 Å². The van der Waals surface area contributed by atoms with Gasteiger partial charge in [0.15, 0.2) is 0 Å². The van der Waals surface area contributed by atoms with Crippen molar-refractivity contribution in [2.75, 3.05) is 13.1 Å². The molecule has 0 amide bonds. The minimum absolute atomic E-state index is 0.172. The van der Waals surface area contributed by atoms with E-state index in [4.69, 9.17) is 5.84 Å². The smallest absolute Gasteiger partial charge is 0.0392 e. The van der Waals surface area contributed by atoms with E-state index in [0.717, 1.165) is 5.92 Å². The lowest BCUT2D eigenvalue weighted by Crippen LogP contribution is -2.59. The van der Waals surface area contributed by atoms with Gasteiger partial charge >= 0.3 is 0 Å². The van der Waals surface area contributed by atoms with E-state index in [9.17, 15) is 0 Å². The van der Waals surface area contributed by atoms with Crippen LogP contribution < -0.4 is 11.3 Å². The molecule has 2 atom stereocenters. The van der Waals surface area contributed by atoms with Crippen LogP contribution >= 0.6 is 0 Å². The molecule has 114 valence electrons. The zero-order valence-electron chi connectivity index (χ0n) is 13.5. The third kappa shape index (κ3) is 4.73. The highest BCUT2D eigenvalue weighted by atomic mass is 15.3. The Labute approximate surface area is 120 Å². The zero-order valence-corrected chi connectivity index (χ0v) is 13.5. The van der Waals surface area contributed by atoms with Gasteiger partial charge in [-0.2, -0.15) is 0 Å². The second kappa shape index (κ2) is 8.23. The van der Waals surface area contributed by atoms with Crippen LogP contribution in [0.3, 0.4) is 0 Å². The van der Waals surface area contributed by atoms with Crippen LogP contribution in [0.25, 0.3) is 0 Å². The van der Waals surface area contributed by atoms with Gasteiger partial charge in [0.1, 0.15) is 0 Å². The topological polar surface area (TPSA) is 41.3 Å². The van der Waals surface area contributed by atoms with Gasteiger partial charge in [-0.1, -0.05) is 39.5 Å². The molecule has 0 saturated carbocycles. The van der Waals surface area contributed by atoms with E-state index in [0.29, 0.717) is 6.04 Å². The Bertz CT molecular complexity index is 234. The van der Waals surface area contributed by atoms with Crippen LogP contribution in [0.1, 0.15) is 72.6 Å². The number of rotatable bonds is 9. The molecule has 3 nitrogen and oxygen atoms in total. The molecule has 1 fully saturated rings. The van der Waals surface area contributed by atoms with Crippen molar-refractivity contribution in [3.05, 3.63) is 0 Å². The van der Waals surface area contributed by atoms with Gasteiger partial charge in [-0.15, -0.1) is 0 Å². The Hall–Kier alpha value is -0.120. The molecule has 1 saturated heterocycles. The number of hydrogen-bond acceptors (Lipinski definition) is 3. The number of unbranched alkanes of at least 4 members (excludes halogenated alkanes) is 1. The summed E-state index contributed by atoms with van der Waals surface area (Å²) >= 11 is 0. The van der Waals surface area contributed by atoms with Crippen LogP contribution in [-0.4, -0.2) is 29.6 Å². The van der Waals surface area contributed by atoms with Crippen molar-refractivity contribution < 1.29 is 0 Å². The molecule has 0 radical (unpaired) electrons. The summed E-state index contributed by atoms with van der Waals surface area (Å²) in [5.74, 6) is 6.69. The summed E-state index contributed by atoms with van der Waals surface area (Å²) < 4.78 is 0. The molecule has 2 unspecified atom stereocenters. The molecule has 0 spiro atoms. The van der Waals surface area contributed by atoms with Gasteiger partial charge in [0.2, 0.25) is 0 Å². The van der Waals surface area contributed by atoms with Crippen molar-refractivity contribution in [3.8, 4) is 0 Å². The fourth-order valence-electron chi connectivity index (χ4n) is 3.39. The predicted octanol–water partition coefficient (Wildman–Crippen LogP) is 3.30. The minimum atomic E-state index is 0.172. The Morgan fingerprint density at radius 2 is 1.84 bits per heavy atom. The third-order valence-electron chi connectivity index (χ3n) is 5.09. The number of nitrogens with one attached hydrogen (secondary N) is 1. The molecule has 0 aliphatic carbocycles. The van der Waals surface area contributed by atoms with Crippen molar-refractivity contribution >= 4 is 0 Å². The molecule has 0 aromatic rings. The summed E-state index contributed by atoms with van der Waals surface area (Å²) in [7, 11) is 0. The van der Waals surface area contributed by atoms with Crippen LogP contribution in [0.15, 0.2) is 0 Å². The van der Waals surface area contributed by atoms with Crippen molar-refractivity contribution in [2.24, 2.45) is 11.8 Å². The molecule has 1 aliphatic rings. The molecule has 3 N–H and O–H groups in total. The molecular formula is C16H35N3. The fourth-order valence-corrected chi connectivity index (χ4v) is 3.39. The highest BCUT2D eigenvalue weighted by Gasteiger charge is 2.36. The fraction of sp³-hybridized carbons (Fsp3) is 1.00. The Morgan fingerprint density at radius 1 is 1.21 bits per heavy atom. The lowest BCUT2D eigenvalue weighted by Gasteiger charge is -2.43. The van der Waals surface area contributed by atoms with Gasteiger partial charge in [-0.3, -0.25) is 16.2 Å². The van der Waals surface area contributed by atoms with E-state index >= 15 is 0 Å². The lowest BCUT2D eigenvalue weighted by atomic mass is 9.83. The second-order valence-corrected chi connectivity index (χ2v) is 6.72. The average molecular weight is 269 g/mol. The highest BCUT2D eigenvalue weighted by molar-refractivity contribution is 4.95. The van der Waals surface area contributed by atoms with Crippen LogP contribution in [0.2, 0.25) is 0 Å². The second-order valence-electron chi connectivity index (χ2n) is 6.72. The third-order valence-corrected chi connectivity index (χ3v) is 5.09. The van der Waals surface area contributed by atoms with Crippen LogP contribution in [0.5, 0.6) is 0 Å². The first-order valence-corrected chi connectivity index (χ1v) is 8.27. The average Bonchev–Trinajstić information content (AvgIpc) is 2.93. The van der Waals surface area contributed by atoms with E-state index in [2.05, 4.69) is 38.0 Å². The van der Waals surface area contributed by atoms with Crippen molar-refractivity contribution in [1.82, 2.24) is 10.3 Å². The standard InChI is InChI=1S/C16H35N3/c1-5-7-10-14(6-2)13-15(18-17)16(3,4)19-11-8-9-12-19/h14-15,18H,5-13,17H2,1-4H3. The van der Waals surface area contributed by atoms with Crippen molar-refractivity contribution in [1.29, 1.82) is 0 Å². The number of hydrazine groups is 1. The Morgan fingerprint density at radius 3 is 2.32 bits per heavy atom. The SMILES string of the molecule is CCCCC(CC)CC(NN)C(C)(C)N1CCCC1. The Balaban J connectivity index is 2.58. The number of nitrogens with two attached hydrogens (primary N) is 1. The maximum Gasteiger partial charge on any atom is 0.0392 e. The number of hydrogen-bond donors (Lipinski definition) is 2. The van der Waals surface area contributed by atoms with E-state index in [1.165, 1.54) is 58.0 Å². The van der Waals surface area contributed by atoms with Gasteiger partial charge in [0, 0.05) is 11.6 Å². The van der Waals surface area contributed by atoms with E-state index in [1.807, 2.05) is 0 Å². The Kier molecular flexibility index (Phi) is 7.33. The number of nitrogens with zero attached hydrogens (tertiary/aromatic N) is 1. The van der Waals surface area contributed by atoms with Gasteiger partial charge in [-0.25, -0.2) is 0 Å². The van der Waals surface area contributed by atoms with E-state index in [1.54, 1.807) is 0 Å². The summed E-state index contributed by atoms with van der Waals surface area (Å²) in [6.45, 7) is 11.8. The normalized spacial score (nSPS) is 20.7. The van der Waals surface area contributed by atoms with Gasteiger partial charge < -0.3 is 0 Å². The van der Waals surface area contributed by atoms with Gasteiger partial charge in [0.05, 0.1) is 0 Å². The van der Waals surface area contributed by atoms with E-state index < -0.39 is 0 Å².